The molecule has 6 heteroatoms. The average Bonchev–Trinajstić information content (AvgIpc) is 2.75. The number of hydrogen-bond donors (Lipinski definition) is 0. The van der Waals surface area contributed by atoms with E-state index in [0.29, 0.717) is 5.69 Å². The molecule has 1 aromatic heterocycles. The Morgan fingerprint density at radius 2 is 1.57 bits per heavy atom. The van der Waals surface area contributed by atoms with Gasteiger partial charge in [-0.05, 0) is 18.1 Å². The second kappa shape index (κ2) is 8.90. The molecular formula is C22H21N3O3. The highest BCUT2D eigenvalue weighted by Gasteiger charge is 2.29. The number of likely N-dealkylation sites (N-methyl/N-ethyl adjacent to an activating group) is 1. The Bertz CT molecular complexity index is 906. The van der Waals surface area contributed by atoms with Crippen LogP contribution in [0.15, 0.2) is 73.2 Å². The Morgan fingerprint density at radius 3 is 2.11 bits per heavy atom. The summed E-state index contributed by atoms with van der Waals surface area (Å²) in [6, 6.07) is 19.1. The fourth-order valence-electron chi connectivity index (χ4n) is 3.01. The highest BCUT2D eigenvalue weighted by atomic mass is 16.5. The molecule has 0 atom stereocenters. The first-order valence-corrected chi connectivity index (χ1v) is 8.98. The van der Waals surface area contributed by atoms with Gasteiger partial charge in [-0.1, -0.05) is 60.7 Å². The van der Waals surface area contributed by atoms with Crippen LogP contribution in [0.2, 0.25) is 0 Å². The van der Waals surface area contributed by atoms with E-state index in [1.807, 2.05) is 60.7 Å². The minimum Gasteiger partial charge on any atom is -0.461 e. The first-order valence-electron chi connectivity index (χ1n) is 8.98. The van der Waals surface area contributed by atoms with E-state index < -0.39 is 11.9 Å². The molecule has 0 spiro atoms. The van der Waals surface area contributed by atoms with E-state index in [2.05, 4.69) is 9.97 Å². The van der Waals surface area contributed by atoms with E-state index in [-0.39, 0.29) is 18.2 Å². The molecule has 0 saturated carbocycles. The number of benzene rings is 2. The molecule has 0 aliphatic heterocycles. The van der Waals surface area contributed by atoms with E-state index in [9.17, 15) is 9.59 Å². The first kappa shape index (κ1) is 19.2. The zero-order valence-electron chi connectivity index (χ0n) is 15.8. The van der Waals surface area contributed by atoms with Crippen molar-refractivity contribution in [1.29, 1.82) is 0 Å². The quantitative estimate of drug-likeness (QED) is 0.617. The number of nitrogens with zero attached hydrogens (tertiary/aromatic N) is 3. The zero-order valence-corrected chi connectivity index (χ0v) is 15.8. The van der Waals surface area contributed by atoms with Crippen LogP contribution in [-0.4, -0.2) is 35.5 Å². The molecule has 1 heterocycles. The molecule has 3 aromatic rings. The molecule has 142 valence electrons. The third kappa shape index (κ3) is 4.06. The molecule has 0 N–H and O–H groups in total. The van der Waals surface area contributed by atoms with Gasteiger partial charge in [0.25, 0.3) is 0 Å². The molecule has 0 aliphatic carbocycles. The summed E-state index contributed by atoms with van der Waals surface area (Å²) in [5, 5.41) is 0. The van der Waals surface area contributed by atoms with Crippen LogP contribution in [0, 0.1) is 0 Å². The number of hydrogen-bond acceptors (Lipinski definition) is 5. The number of esters is 1. The van der Waals surface area contributed by atoms with Crippen LogP contribution in [0.3, 0.4) is 0 Å². The van der Waals surface area contributed by atoms with Gasteiger partial charge in [0, 0.05) is 7.05 Å². The average molecular weight is 375 g/mol. The Morgan fingerprint density at radius 1 is 1.00 bits per heavy atom. The molecule has 0 unspecified atom stereocenters. The fourth-order valence-corrected chi connectivity index (χ4v) is 3.01. The normalized spacial score (nSPS) is 10.5. The minimum absolute atomic E-state index is 0.0626. The number of anilines is 1. The van der Waals surface area contributed by atoms with Gasteiger partial charge in [-0.15, -0.1) is 0 Å². The summed E-state index contributed by atoms with van der Waals surface area (Å²) in [4.78, 5) is 35.2. The van der Waals surface area contributed by atoms with Crippen molar-refractivity contribution in [1.82, 2.24) is 9.97 Å². The minimum atomic E-state index is -0.587. The van der Waals surface area contributed by atoms with Crippen LogP contribution in [0.25, 0.3) is 0 Å². The largest absolute Gasteiger partial charge is 0.461 e. The first-order chi connectivity index (χ1) is 13.6. The molecular weight excluding hydrogens is 354 g/mol. The molecule has 0 radical (unpaired) electrons. The van der Waals surface area contributed by atoms with Gasteiger partial charge in [0.05, 0.1) is 24.4 Å². The van der Waals surface area contributed by atoms with Crippen LogP contribution in [0.4, 0.5) is 5.69 Å². The summed E-state index contributed by atoms with van der Waals surface area (Å²) in [5.74, 6) is -1.31. The van der Waals surface area contributed by atoms with E-state index in [0.717, 1.165) is 11.1 Å². The number of carbonyl (C=O) groups is 2. The number of amides is 1. The highest BCUT2D eigenvalue weighted by molar-refractivity contribution is 6.04. The van der Waals surface area contributed by atoms with Crippen molar-refractivity contribution < 1.29 is 14.3 Å². The van der Waals surface area contributed by atoms with Gasteiger partial charge in [-0.3, -0.25) is 4.79 Å². The summed E-state index contributed by atoms with van der Waals surface area (Å²) in [5.41, 5.74) is 2.09. The topological polar surface area (TPSA) is 72.4 Å². The third-order valence-corrected chi connectivity index (χ3v) is 4.37. The number of carbonyl (C=O) groups excluding carboxylic acids is 2. The lowest BCUT2D eigenvalue weighted by Gasteiger charge is -2.25. The monoisotopic (exact) mass is 375 g/mol. The van der Waals surface area contributed by atoms with Crippen molar-refractivity contribution >= 4 is 17.6 Å². The molecule has 28 heavy (non-hydrogen) atoms. The standard InChI is InChI=1S/C22H21N3O3/c1-3-28-22(27)20-18(14-23-15-24-20)25(2)21(26)19(16-10-6-4-7-11-16)17-12-8-5-9-13-17/h4-15,19H,3H2,1-2H3. The summed E-state index contributed by atoms with van der Waals surface area (Å²) in [7, 11) is 1.61. The highest BCUT2D eigenvalue weighted by Crippen LogP contribution is 2.29. The van der Waals surface area contributed by atoms with Crippen molar-refractivity contribution in [2.45, 2.75) is 12.8 Å². The predicted molar refractivity (Wildman–Crippen MR) is 106 cm³/mol. The SMILES string of the molecule is CCOC(=O)c1ncncc1N(C)C(=O)C(c1ccccc1)c1ccccc1. The maximum Gasteiger partial charge on any atom is 0.359 e. The lowest BCUT2D eigenvalue weighted by molar-refractivity contribution is -0.118. The second-order valence-corrected chi connectivity index (χ2v) is 6.13. The Balaban J connectivity index is 2.02. The van der Waals surface area contributed by atoms with Gasteiger partial charge in [0.15, 0.2) is 5.69 Å². The molecule has 2 aromatic carbocycles. The summed E-state index contributed by atoms with van der Waals surface area (Å²) >= 11 is 0. The van der Waals surface area contributed by atoms with Gasteiger partial charge in [-0.2, -0.15) is 0 Å². The van der Waals surface area contributed by atoms with Gasteiger partial charge in [0.2, 0.25) is 5.91 Å². The van der Waals surface area contributed by atoms with E-state index in [1.54, 1.807) is 14.0 Å². The Labute approximate surface area is 163 Å². The Kier molecular flexibility index (Phi) is 6.11. The van der Waals surface area contributed by atoms with Crippen molar-refractivity contribution in [3.63, 3.8) is 0 Å². The van der Waals surface area contributed by atoms with Gasteiger partial charge in [-0.25, -0.2) is 14.8 Å². The molecule has 3 rings (SSSR count). The predicted octanol–water partition coefficient (Wildman–Crippen LogP) is 3.45. The van der Waals surface area contributed by atoms with Crippen molar-refractivity contribution in [2.75, 3.05) is 18.6 Å². The van der Waals surface area contributed by atoms with Gasteiger partial charge >= 0.3 is 5.97 Å². The fraction of sp³-hybridized carbons (Fsp3) is 0.182. The van der Waals surface area contributed by atoms with Crippen molar-refractivity contribution in [3.8, 4) is 0 Å². The smallest absolute Gasteiger partial charge is 0.359 e. The summed E-state index contributed by atoms with van der Waals surface area (Å²) in [6.07, 6.45) is 2.71. The summed E-state index contributed by atoms with van der Waals surface area (Å²) in [6.45, 7) is 1.94. The van der Waals surface area contributed by atoms with Gasteiger partial charge < -0.3 is 9.64 Å². The Hall–Kier alpha value is -3.54. The molecule has 6 nitrogen and oxygen atoms in total. The van der Waals surface area contributed by atoms with Crippen LogP contribution >= 0.6 is 0 Å². The van der Waals surface area contributed by atoms with E-state index in [4.69, 9.17) is 4.74 Å². The molecule has 0 bridgehead atoms. The third-order valence-electron chi connectivity index (χ3n) is 4.37. The number of aromatic nitrogens is 2. The van der Waals surface area contributed by atoms with E-state index >= 15 is 0 Å². The van der Waals surface area contributed by atoms with Crippen LogP contribution in [0.5, 0.6) is 0 Å². The summed E-state index contributed by atoms with van der Waals surface area (Å²) < 4.78 is 5.06. The molecule has 0 saturated heterocycles. The lowest BCUT2D eigenvalue weighted by Crippen LogP contribution is -2.34. The lowest BCUT2D eigenvalue weighted by atomic mass is 9.90. The van der Waals surface area contributed by atoms with Crippen LogP contribution < -0.4 is 4.90 Å². The molecule has 0 aliphatic rings. The number of rotatable bonds is 6. The van der Waals surface area contributed by atoms with E-state index in [1.165, 1.54) is 17.4 Å². The van der Waals surface area contributed by atoms with Gasteiger partial charge in [0.1, 0.15) is 6.33 Å². The maximum atomic E-state index is 13.5. The maximum absolute atomic E-state index is 13.5. The molecule has 1 amide bonds. The number of ether oxygens (including phenoxy) is 1. The van der Waals surface area contributed by atoms with Crippen molar-refractivity contribution in [2.24, 2.45) is 0 Å². The van der Waals surface area contributed by atoms with Crippen LogP contribution in [-0.2, 0) is 9.53 Å². The molecule has 0 fully saturated rings. The van der Waals surface area contributed by atoms with Crippen molar-refractivity contribution in [3.05, 3.63) is 90.0 Å². The van der Waals surface area contributed by atoms with Crippen LogP contribution in [0.1, 0.15) is 34.5 Å². The second-order valence-electron chi connectivity index (χ2n) is 6.13. The zero-order chi connectivity index (χ0) is 19.9.